The molecule has 1 saturated heterocycles. The van der Waals surface area contributed by atoms with Crippen LogP contribution in [0.5, 0.6) is 0 Å². The molecule has 1 fully saturated rings. The lowest BCUT2D eigenvalue weighted by Gasteiger charge is -2.32. The molecule has 4 nitrogen and oxygen atoms in total. The van der Waals surface area contributed by atoms with E-state index in [9.17, 15) is 0 Å². The van der Waals surface area contributed by atoms with Crippen molar-refractivity contribution in [3.8, 4) is 0 Å². The van der Waals surface area contributed by atoms with Crippen LogP contribution in [-0.2, 0) is 20.0 Å². The Labute approximate surface area is 190 Å². The van der Waals surface area contributed by atoms with Crippen LogP contribution < -0.4 is 0 Å². The summed E-state index contributed by atoms with van der Waals surface area (Å²) in [6.07, 6.45) is 3.59. The Morgan fingerprint density at radius 3 is 2.56 bits per heavy atom. The number of nitrogens with zero attached hydrogens (tertiary/aromatic N) is 4. The molecule has 0 bridgehead atoms. The standard InChI is InChI=1S/C28H32N4/c1-30-14-16-32(17-15-30)19-21-18-28(29-31(21)2)27-9-5-8-23-25-11-10-20-6-3-4-7-22(20)24(25)12-13-26(23)27/h3-4,6-7,10-13,18,27H,5,8-9,14-17,19H2,1-2H3. The minimum absolute atomic E-state index is 0.405. The van der Waals surface area contributed by atoms with E-state index < -0.39 is 0 Å². The van der Waals surface area contributed by atoms with Gasteiger partial charge in [-0.15, -0.1) is 0 Å². The SMILES string of the molecule is CN1CCN(Cc2cc(C3CCCc4c3ccc3c4ccc4ccccc43)nn2C)CC1. The number of fused-ring (bicyclic) bond motifs is 5. The zero-order chi connectivity index (χ0) is 21.7. The molecule has 1 atom stereocenters. The molecule has 1 aliphatic heterocycles. The molecule has 1 unspecified atom stereocenters. The number of aryl methyl sites for hydroxylation is 2. The van der Waals surface area contributed by atoms with Crippen molar-refractivity contribution in [3.63, 3.8) is 0 Å². The highest BCUT2D eigenvalue weighted by Crippen LogP contribution is 2.41. The van der Waals surface area contributed by atoms with E-state index in [0.717, 1.165) is 32.7 Å². The topological polar surface area (TPSA) is 24.3 Å². The summed E-state index contributed by atoms with van der Waals surface area (Å²) in [5.74, 6) is 0.405. The molecule has 164 valence electrons. The Kier molecular flexibility index (Phi) is 5.00. The average molecular weight is 425 g/mol. The maximum atomic E-state index is 5.02. The highest BCUT2D eigenvalue weighted by atomic mass is 15.3. The maximum Gasteiger partial charge on any atom is 0.0702 e. The quantitative estimate of drug-likeness (QED) is 0.435. The van der Waals surface area contributed by atoms with Crippen molar-refractivity contribution in [2.24, 2.45) is 7.05 Å². The molecule has 1 aromatic heterocycles. The van der Waals surface area contributed by atoms with Crippen molar-refractivity contribution in [2.45, 2.75) is 31.7 Å². The van der Waals surface area contributed by atoms with E-state index in [-0.39, 0.29) is 0 Å². The van der Waals surface area contributed by atoms with Crippen LogP contribution in [0.15, 0.2) is 54.6 Å². The van der Waals surface area contributed by atoms with Gasteiger partial charge in [-0.2, -0.15) is 5.10 Å². The minimum atomic E-state index is 0.405. The summed E-state index contributed by atoms with van der Waals surface area (Å²) in [4.78, 5) is 4.98. The molecule has 2 heterocycles. The summed E-state index contributed by atoms with van der Waals surface area (Å²) < 4.78 is 2.12. The third-order valence-electron chi connectivity index (χ3n) is 7.70. The van der Waals surface area contributed by atoms with E-state index in [1.54, 1.807) is 0 Å². The summed E-state index contributed by atoms with van der Waals surface area (Å²) in [6, 6.07) is 20.5. The molecular weight excluding hydrogens is 392 g/mol. The lowest BCUT2D eigenvalue weighted by Crippen LogP contribution is -2.44. The molecule has 3 aromatic carbocycles. The zero-order valence-electron chi connectivity index (χ0n) is 19.2. The molecule has 0 N–H and O–H groups in total. The summed E-state index contributed by atoms with van der Waals surface area (Å²) >= 11 is 0. The Morgan fingerprint density at radius 2 is 1.69 bits per heavy atom. The lowest BCUT2D eigenvalue weighted by atomic mass is 9.78. The summed E-state index contributed by atoms with van der Waals surface area (Å²) in [6.45, 7) is 5.60. The van der Waals surface area contributed by atoms with Gasteiger partial charge in [-0.3, -0.25) is 9.58 Å². The first-order valence-electron chi connectivity index (χ1n) is 12.0. The van der Waals surface area contributed by atoms with Crippen molar-refractivity contribution in [2.75, 3.05) is 33.2 Å². The second-order valence-electron chi connectivity index (χ2n) is 9.72. The smallest absolute Gasteiger partial charge is 0.0702 e. The van der Waals surface area contributed by atoms with Gasteiger partial charge in [-0.05, 0) is 65.0 Å². The summed E-state index contributed by atoms with van der Waals surface area (Å²) in [7, 11) is 4.33. The first-order chi connectivity index (χ1) is 15.7. The van der Waals surface area contributed by atoms with Crippen LogP contribution in [0, 0.1) is 0 Å². The predicted octanol–water partition coefficient (Wildman–Crippen LogP) is 4.94. The molecule has 2 aliphatic rings. The van der Waals surface area contributed by atoms with Crippen molar-refractivity contribution in [1.29, 1.82) is 0 Å². The number of likely N-dealkylation sites (N-methyl/N-ethyl adjacent to an activating group) is 1. The van der Waals surface area contributed by atoms with Gasteiger partial charge in [0.05, 0.1) is 11.4 Å². The van der Waals surface area contributed by atoms with Crippen molar-refractivity contribution >= 4 is 21.5 Å². The van der Waals surface area contributed by atoms with Gasteiger partial charge in [-0.1, -0.05) is 48.5 Å². The molecule has 0 radical (unpaired) electrons. The Balaban J connectivity index is 1.35. The highest BCUT2D eigenvalue weighted by molar-refractivity contribution is 6.08. The monoisotopic (exact) mass is 424 g/mol. The summed E-state index contributed by atoms with van der Waals surface area (Å²) in [5.41, 5.74) is 5.61. The van der Waals surface area contributed by atoms with Crippen molar-refractivity contribution in [1.82, 2.24) is 19.6 Å². The highest BCUT2D eigenvalue weighted by Gasteiger charge is 2.26. The van der Waals surface area contributed by atoms with Crippen LogP contribution in [0.3, 0.4) is 0 Å². The molecule has 6 rings (SSSR count). The largest absolute Gasteiger partial charge is 0.304 e. The van der Waals surface area contributed by atoms with Crippen LogP contribution in [0.2, 0.25) is 0 Å². The Hall–Kier alpha value is -2.69. The number of hydrogen-bond donors (Lipinski definition) is 0. The molecule has 4 heteroatoms. The lowest BCUT2D eigenvalue weighted by molar-refractivity contribution is 0.145. The van der Waals surface area contributed by atoms with E-state index in [1.165, 1.54) is 63.3 Å². The maximum absolute atomic E-state index is 5.02. The fourth-order valence-electron chi connectivity index (χ4n) is 5.80. The third-order valence-corrected chi connectivity index (χ3v) is 7.70. The van der Waals surface area contributed by atoms with Gasteiger partial charge in [-0.25, -0.2) is 0 Å². The first-order valence-corrected chi connectivity index (χ1v) is 12.0. The van der Waals surface area contributed by atoms with Crippen molar-refractivity contribution < 1.29 is 0 Å². The Bertz CT molecular complexity index is 1280. The van der Waals surface area contributed by atoms with Crippen LogP contribution in [0.25, 0.3) is 21.5 Å². The average Bonchev–Trinajstić information content (AvgIpc) is 3.19. The minimum Gasteiger partial charge on any atom is -0.304 e. The number of hydrogen-bond acceptors (Lipinski definition) is 3. The van der Waals surface area contributed by atoms with Crippen LogP contribution >= 0.6 is 0 Å². The second kappa shape index (κ2) is 8.02. The number of rotatable bonds is 3. The Morgan fingerprint density at radius 1 is 0.875 bits per heavy atom. The van der Waals surface area contributed by atoms with Gasteiger partial charge >= 0.3 is 0 Å². The first kappa shape index (κ1) is 20.0. The number of benzene rings is 3. The van der Waals surface area contributed by atoms with Gasteiger partial charge in [0, 0.05) is 45.7 Å². The number of aromatic nitrogens is 2. The fraction of sp³-hybridized carbons (Fsp3) is 0.393. The van der Waals surface area contributed by atoms with Crippen molar-refractivity contribution in [3.05, 3.63) is 77.1 Å². The van der Waals surface area contributed by atoms with E-state index in [0.29, 0.717) is 5.92 Å². The van der Waals surface area contributed by atoms with Gasteiger partial charge in [0.1, 0.15) is 0 Å². The van der Waals surface area contributed by atoms with E-state index >= 15 is 0 Å². The van der Waals surface area contributed by atoms with Crippen LogP contribution in [0.1, 0.15) is 41.3 Å². The van der Waals surface area contributed by atoms with Crippen LogP contribution in [-0.4, -0.2) is 52.8 Å². The molecule has 0 amide bonds. The normalized spacial score (nSPS) is 20.1. The van der Waals surface area contributed by atoms with Gasteiger partial charge in [0.25, 0.3) is 0 Å². The van der Waals surface area contributed by atoms with Crippen LogP contribution in [0.4, 0.5) is 0 Å². The number of piperazine rings is 1. The molecule has 1 aliphatic carbocycles. The molecule has 4 aromatic rings. The second-order valence-corrected chi connectivity index (χ2v) is 9.72. The van der Waals surface area contributed by atoms with Gasteiger partial charge < -0.3 is 4.90 Å². The molecule has 0 spiro atoms. The van der Waals surface area contributed by atoms with E-state index in [4.69, 9.17) is 5.10 Å². The predicted molar refractivity (Wildman–Crippen MR) is 132 cm³/mol. The van der Waals surface area contributed by atoms with Gasteiger partial charge in [0.15, 0.2) is 0 Å². The molecule has 0 saturated carbocycles. The molecule has 32 heavy (non-hydrogen) atoms. The zero-order valence-corrected chi connectivity index (χ0v) is 19.2. The molecular formula is C28H32N4. The van der Waals surface area contributed by atoms with E-state index in [2.05, 4.69) is 83.2 Å². The fourth-order valence-corrected chi connectivity index (χ4v) is 5.80. The van der Waals surface area contributed by atoms with E-state index in [1.807, 2.05) is 0 Å². The summed E-state index contributed by atoms with van der Waals surface area (Å²) in [5, 5.41) is 10.5. The van der Waals surface area contributed by atoms with Gasteiger partial charge in [0.2, 0.25) is 0 Å². The third kappa shape index (κ3) is 3.42.